The molecule has 1 saturated heterocycles. The maximum absolute atomic E-state index is 11.3. The first-order chi connectivity index (χ1) is 6.76. The van der Waals surface area contributed by atoms with E-state index in [1.807, 2.05) is 0 Å². The van der Waals surface area contributed by atoms with Gasteiger partial charge >= 0.3 is 0 Å². The summed E-state index contributed by atoms with van der Waals surface area (Å²) in [5, 5.41) is 2.79. The van der Waals surface area contributed by atoms with Crippen LogP contribution in [0.1, 0.15) is 19.8 Å². The van der Waals surface area contributed by atoms with E-state index in [-0.39, 0.29) is 5.91 Å². The second-order valence-electron chi connectivity index (χ2n) is 3.94. The Morgan fingerprint density at radius 3 is 3.00 bits per heavy atom. The predicted octanol–water partition coefficient (Wildman–Crippen LogP) is -0.207. The molecule has 0 spiro atoms. The first kappa shape index (κ1) is 11.5. The molecular formula is C10H21N3O. The van der Waals surface area contributed by atoms with Crippen LogP contribution < -0.4 is 11.1 Å². The van der Waals surface area contributed by atoms with Crippen LogP contribution in [0.2, 0.25) is 0 Å². The van der Waals surface area contributed by atoms with Crippen LogP contribution in [0.25, 0.3) is 0 Å². The summed E-state index contributed by atoms with van der Waals surface area (Å²) in [6.45, 7) is 5.99. The van der Waals surface area contributed by atoms with E-state index in [0.717, 1.165) is 19.0 Å². The lowest BCUT2D eigenvalue weighted by Gasteiger charge is -2.14. The van der Waals surface area contributed by atoms with E-state index in [1.54, 1.807) is 0 Å². The number of likely N-dealkylation sites (tertiary alicyclic amines) is 1. The van der Waals surface area contributed by atoms with Gasteiger partial charge in [0.05, 0.1) is 6.54 Å². The molecule has 0 aromatic carbocycles. The normalized spacial score (nSPS) is 22.6. The minimum atomic E-state index is 0.104. The van der Waals surface area contributed by atoms with Gasteiger partial charge in [0.25, 0.3) is 0 Å². The molecule has 1 unspecified atom stereocenters. The molecule has 1 amide bonds. The Labute approximate surface area is 85.8 Å². The van der Waals surface area contributed by atoms with Gasteiger partial charge in [-0.25, -0.2) is 0 Å². The van der Waals surface area contributed by atoms with Crippen molar-refractivity contribution in [3.8, 4) is 0 Å². The zero-order valence-corrected chi connectivity index (χ0v) is 8.96. The molecule has 0 bridgehead atoms. The number of nitrogens with one attached hydrogen (secondary N) is 1. The van der Waals surface area contributed by atoms with Gasteiger partial charge in [0.1, 0.15) is 0 Å². The topological polar surface area (TPSA) is 58.4 Å². The highest BCUT2D eigenvalue weighted by Gasteiger charge is 2.22. The van der Waals surface area contributed by atoms with Crippen molar-refractivity contribution < 1.29 is 4.79 Å². The lowest BCUT2D eigenvalue weighted by atomic mass is 10.1. The van der Waals surface area contributed by atoms with Crippen molar-refractivity contribution in [1.82, 2.24) is 10.2 Å². The van der Waals surface area contributed by atoms with Crippen molar-refractivity contribution in [2.24, 2.45) is 11.7 Å². The van der Waals surface area contributed by atoms with Crippen LogP contribution in [-0.4, -0.2) is 43.5 Å². The second-order valence-corrected chi connectivity index (χ2v) is 3.94. The van der Waals surface area contributed by atoms with E-state index in [2.05, 4.69) is 17.1 Å². The maximum Gasteiger partial charge on any atom is 0.234 e. The Kier molecular flexibility index (Phi) is 4.90. The largest absolute Gasteiger partial charge is 0.354 e. The maximum atomic E-state index is 11.3. The van der Waals surface area contributed by atoms with Gasteiger partial charge in [-0.2, -0.15) is 0 Å². The molecule has 1 rings (SSSR count). The molecule has 0 aliphatic carbocycles. The summed E-state index contributed by atoms with van der Waals surface area (Å²) in [6, 6.07) is 0. The van der Waals surface area contributed by atoms with Gasteiger partial charge < -0.3 is 11.1 Å². The fourth-order valence-corrected chi connectivity index (χ4v) is 1.86. The minimum Gasteiger partial charge on any atom is -0.354 e. The van der Waals surface area contributed by atoms with E-state index >= 15 is 0 Å². The highest BCUT2D eigenvalue weighted by molar-refractivity contribution is 5.78. The SMILES string of the molecule is CCC1CCN(CC(=O)NCCN)C1. The van der Waals surface area contributed by atoms with Crippen molar-refractivity contribution in [1.29, 1.82) is 0 Å². The number of carbonyl (C=O) groups is 1. The average Bonchev–Trinajstić information content (AvgIpc) is 2.62. The van der Waals surface area contributed by atoms with Crippen LogP contribution in [0.3, 0.4) is 0 Å². The molecule has 3 N–H and O–H groups in total. The van der Waals surface area contributed by atoms with Gasteiger partial charge in [-0.1, -0.05) is 13.3 Å². The number of hydrogen-bond donors (Lipinski definition) is 2. The Morgan fingerprint density at radius 1 is 1.64 bits per heavy atom. The first-order valence-electron chi connectivity index (χ1n) is 5.45. The van der Waals surface area contributed by atoms with Crippen molar-refractivity contribution in [2.75, 3.05) is 32.7 Å². The Bertz CT molecular complexity index is 184. The molecule has 0 radical (unpaired) electrons. The fraction of sp³-hybridized carbons (Fsp3) is 0.900. The molecule has 82 valence electrons. The number of nitrogens with zero attached hydrogens (tertiary/aromatic N) is 1. The molecular weight excluding hydrogens is 178 g/mol. The summed E-state index contributed by atoms with van der Waals surface area (Å²) < 4.78 is 0. The zero-order chi connectivity index (χ0) is 10.4. The molecule has 1 fully saturated rings. The number of nitrogens with two attached hydrogens (primary N) is 1. The molecule has 1 atom stereocenters. The van der Waals surface area contributed by atoms with E-state index in [0.29, 0.717) is 19.6 Å². The first-order valence-corrected chi connectivity index (χ1v) is 5.45. The summed E-state index contributed by atoms with van der Waals surface area (Å²) in [4.78, 5) is 13.6. The Morgan fingerprint density at radius 2 is 2.43 bits per heavy atom. The van der Waals surface area contributed by atoms with Crippen LogP contribution >= 0.6 is 0 Å². The third kappa shape index (κ3) is 3.64. The van der Waals surface area contributed by atoms with Crippen molar-refractivity contribution in [2.45, 2.75) is 19.8 Å². The molecule has 0 aromatic rings. The zero-order valence-electron chi connectivity index (χ0n) is 8.96. The van der Waals surface area contributed by atoms with Crippen molar-refractivity contribution in [3.63, 3.8) is 0 Å². The van der Waals surface area contributed by atoms with Crippen LogP contribution in [0.15, 0.2) is 0 Å². The molecule has 4 heteroatoms. The van der Waals surface area contributed by atoms with E-state index in [1.165, 1.54) is 12.8 Å². The van der Waals surface area contributed by atoms with Gasteiger partial charge in [-0.15, -0.1) is 0 Å². The monoisotopic (exact) mass is 199 g/mol. The van der Waals surface area contributed by atoms with Crippen LogP contribution in [0.4, 0.5) is 0 Å². The van der Waals surface area contributed by atoms with Gasteiger partial charge in [0, 0.05) is 19.6 Å². The molecule has 14 heavy (non-hydrogen) atoms. The van der Waals surface area contributed by atoms with Gasteiger partial charge in [0.15, 0.2) is 0 Å². The van der Waals surface area contributed by atoms with Crippen LogP contribution in [0, 0.1) is 5.92 Å². The fourth-order valence-electron chi connectivity index (χ4n) is 1.86. The van der Waals surface area contributed by atoms with Crippen molar-refractivity contribution in [3.05, 3.63) is 0 Å². The summed E-state index contributed by atoms with van der Waals surface area (Å²) in [5.74, 6) is 0.893. The van der Waals surface area contributed by atoms with E-state index < -0.39 is 0 Å². The molecule has 1 heterocycles. The lowest BCUT2D eigenvalue weighted by Crippen LogP contribution is -2.38. The quantitative estimate of drug-likeness (QED) is 0.644. The van der Waals surface area contributed by atoms with Gasteiger partial charge in [-0.05, 0) is 18.9 Å². The molecule has 0 saturated carbocycles. The smallest absolute Gasteiger partial charge is 0.234 e. The summed E-state index contributed by atoms with van der Waals surface area (Å²) in [7, 11) is 0. The average molecular weight is 199 g/mol. The highest BCUT2D eigenvalue weighted by atomic mass is 16.2. The van der Waals surface area contributed by atoms with Crippen molar-refractivity contribution >= 4 is 5.91 Å². The third-order valence-corrected chi connectivity index (χ3v) is 2.78. The lowest BCUT2D eigenvalue weighted by molar-refractivity contribution is -0.121. The van der Waals surface area contributed by atoms with Gasteiger partial charge in [0.2, 0.25) is 5.91 Å². The molecule has 0 aromatic heterocycles. The second kappa shape index (κ2) is 5.98. The molecule has 1 aliphatic heterocycles. The van der Waals surface area contributed by atoms with E-state index in [4.69, 9.17) is 5.73 Å². The van der Waals surface area contributed by atoms with Crippen LogP contribution in [0.5, 0.6) is 0 Å². The number of amides is 1. The highest BCUT2D eigenvalue weighted by Crippen LogP contribution is 2.18. The minimum absolute atomic E-state index is 0.104. The third-order valence-electron chi connectivity index (χ3n) is 2.78. The summed E-state index contributed by atoms with van der Waals surface area (Å²) in [5.41, 5.74) is 5.30. The predicted molar refractivity (Wildman–Crippen MR) is 56.9 cm³/mol. The standard InChI is InChI=1S/C10H21N3O/c1-2-9-3-6-13(7-9)8-10(14)12-5-4-11/h9H,2-8,11H2,1H3,(H,12,14). The van der Waals surface area contributed by atoms with E-state index in [9.17, 15) is 4.79 Å². The van der Waals surface area contributed by atoms with Gasteiger partial charge in [-0.3, -0.25) is 9.69 Å². The molecule has 4 nitrogen and oxygen atoms in total. The number of rotatable bonds is 5. The number of carbonyl (C=O) groups excluding carboxylic acids is 1. The Balaban J connectivity index is 2.15. The van der Waals surface area contributed by atoms with Crippen LogP contribution in [-0.2, 0) is 4.79 Å². The molecule has 1 aliphatic rings. The summed E-state index contributed by atoms with van der Waals surface area (Å²) in [6.07, 6.45) is 2.46. The number of hydrogen-bond acceptors (Lipinski definition) is 3. The summed E-state index contributed by atoms with van der Waals surface area (Å²) >= 11 is 0. The Hall–Kier alpha value is -0.610.